The number of carbonyl (C=O) groups excluding carboxylic acids is 2. The van der Waals surface area contributed by atoms with Gasteiger partial charge in [-0.25, -0.2) is 0 Å². The lowest BCUT2D eigenvalue weighted by molar-refractivity contribution is -0.135. The molecule has 1 saturated heterocycles. The fraction of sp³-hybridized carbons (Fsp3) is 0.550. The van der Waals surface area contributed by atoms with Crippen LogP contribution in [0.5, 0.6) is 0 Å². The van der Waals surface area contributed by atoms with Gasteiger partial charge in [-0.2, -0.15) is 4.98 Å². The van der Waals surface area contributed by atoms with Crippen LogP contribution in [0, 0.1) is 5.92 Å². The molecule has 0 radical (unpaired) electrons. The first kappa shape index (κ1) is 20.0. The van der Waals surface area contributed by atoms with Gasteiger partial charge in [-0.1, -0.05) is 19.0 Å². The highest BCUT2D eigenvalue weighted by molar-refractivity contribution is 5.80. The lowest BCUT2D eigenvalue weighted by Gasteiger charge is -2.24. The third kappa shape index (κ3) is 5.15. The van der Waals surface area contributed by atoms with Gasteiger partial charge in [0.05, 0.1) is 0 Å². The van der Waals surface area contributed by atoms with Crippen molar-refractivity contribution in [2.75, 3.05) is 19.6 Å². The summed E-state index contributed by atoms with van der Waals surface area (Å²) in [6.07, 6.45) is 6.07. The zero-order chi connectivity index (χ0) is 19.9. The molecule has 0 aliphatic carbocycles. The van der Waals surface area contributed by atoms with Crippen LogP contribution in [0.2, 0.25) is 0 Å². The second-order valence-electron chi connectivity index (χ2n) is 7.41. The fourth-order valence-electron chi connectivity index (χ4n) is 3.34. The third-order valence-corrected chi connectivity index (χ3v) is 4.92. The molecule has 8 nitrogen and oxygen atoms in total. The summed E-state index contributed by atoms with van der Waals surface area (Å²) in [6.45, 7) is 5.40. The molecule has 1 aliphatic heterocycles. The number of hydrogen-bond donors (Lipinski definition) is 1. The molecular formula is C20H27N5O3. The summed E-state index contributed by atoms with van der Waals surface area (Å²) in [7, 11) is 0. The topological polar surface area (TPSA) is 101 Å². The highest BCUT2D eigenvalue weighted by Gasteiger charge is 2.23. The Morgan fingerprint density at radius 2 is 2.18 bits per heavy atom. The highest BCUT2D eigenvalue weighted by atomic mass is 16.5. The van der Waals surface area contributed by atoms with Gasteiger partial charge in [0.25, 0.3) is 0 Å². The van der Waals surface area contributed by atoms with E-state index in [-0.39, 0.29) is 23.7 Å². The van der Waals surface area contributed by atoms with Gasteiger partial charge in [-0.3, -0.25) is 14.6 Å². The van der Waals surface area contributed by atoms with Crippen molar-refractivity contribution < 1.29 is 14.1 Å². The maximum absolute atomic E-state index is 12.4. The minimum atomic E-state index is -0.0815. The van der Waals surface area contributed by atoms with Crippen LogP contribution in [0.1, 0.15) is 51.3 Å². The molecule has 1 fully saturated rings. The van der Waals surface area contributed by atoms with Crippen LogP contribution in [-0.2, 0) is 9.59 Å². The van der Waals surface area contributed by atoms with E-state index in [0.717, 1.165) is 24.8 Å². The molecule has 0 bridgehead atoms. The zero-order valence-corrected chi connectivity index (χ0v) is 16.4. The highest BCUT2D eigenvalue weighted by Crippen LogP contribution is 2.26. The zero-order valence-electron chi connectivity index (χ0n) is 16.4. The van der Waals surface area contributed by atoms with E-state index in [9.17, 15) is 9.59 Å². The van der Waals surface area contributed by atoms with Crippen LogP contribution in [0.4, 0.5) is 0 Å². The van der Waals surface area contributed by atoms with Crippen LogP contribution in [-0.4, -0.2) is 51.5 Å². The van der Waals surface area contributed by atoms with Crippen LogP contribution >= 0.6 is 0 Å². The molecule has 28 heavy (non-hydrogen) atoms. The average Bonchev–Trinajstić information content (AvgIpc) is 3.17. The number of carbonyl (C=O) groups is 2. The van der Waals surface area contributed by atoms with E-state index in [1.165, 1.54) is 0 Å². The Labute approximate surface area is 164 Å². The molecule has 1 aliphatic rings. The molecule has 0 saturated carbocycles. The van der Waals surface area contributed by atoms with Gasteiger partial charge < -0.3 is 14.7 Å². The predicted octanol–water partition coefficient (Wildman–Crippen LogP) is 2.39. The van der Waals surface area contributed by atoms with Crippen LogP contribution in [0.15, 0.2) is 29.0 Å². The van der Waals surface area contributed by atoms with Gasteiger partial charge in [0, 0.05) is 55.8 Å². The van der Waals surface area contributed by atoms with E-state index in [4.69, 9.17) is 4.52 Å². The van der Waals surface area contributed by atoms with Crippen molar-refractivity contribution in [3.63, 3.8) is 0 Å². The molecule has 1 unspecified atom stereocenters. The van der Waals surface area contributed by atoms with Crippen LogP contribution < -0.4 is 5.32 Å². The molecule has 8 heteroatoms. The van der Waals surface area contributed by atoms with Crippen molar-refractivity contribution >= 4 is 11.8 Å². The van der Waals surface area contributed by atoms with Gasteiger partial charge >= 0.3 is 0 Å². The first-order chi connectivity index (χ1) is 13.5. The summed E-state index contributed by atoms with van der Waals surface area (Å²) >= 11 is 0. The van der Waals surface area contributed by atoms with Gasteiger partial charge in [0.2, 0.25) is 23.5 Å². The maximum atomic E-state index is 12.4. The molecular weight excluding hydrogens is 358 g/mol. The Balaban J connectivity index is 1.72. The molecule has 3 rings (SSSR count). The SMILES string of the molecule is CC(C)C(=O)N1CCCC(c2nc(-c3cccnc3)no2)CCNC(=O)CC1. The van der Waals surface area contributed by atoms with Crippen molar-refractivity contribution in [3.8, 4) is 11.4 Å². The monoisotopic (exact) mass is 385 g/mol. The molecule has 2 aromatic rings. The second kappa shape index (κ2) is 9.43. The standard InChI is InChI=1S/C20H27N5O3/c1-14(2)20(27)25-11-4-6-15(7-10-22-17(26)8-12-25)19-23-18(24-28-19)16-5-3-9-21-13-16/h3,5,9,13-15H,4,6-8,10-12H2,1-2H3,(H,22,26). The van der Waals surface area contributed by atoms with E-state index in [0.29, 0.717) is 37.8 Å². The van der Waals surface area contributed by atoms with E-state index >= 15 is 0 Å². The van der Waals surface area contributed by atoms with Gasteiger partial charge in [-0.05, 0) is 31.4 Å². The summed E-state index contributed by atoms with van der Waals surface area (Å²) in [5, 5.41) is 7.01. The van der Waals surface area contributed by atoms with E-state index < -0.39 is 0 Å². The van der Waals surface area contributed by atoms with Crippen LogP contribution in [0.3, 0.4) is 0 Å². The molecule has 1 N–H and O–H groups in total. The lowest BCUT2D eigenvalue weighted by Crippen LogP contribution is -2.38. The van der Waals surface area contributed by atoms with Gasteiger partial charge in [0.1, 0.15) is 0 Å². The molecule has 150 valence electrons. The molecule has 1 atom stereocenters. The lowest BCUT2D eigenvalue weighted by atomic mass is 9.99. The minimum absolute atomic E-state index is 0.0346. The molecule has 0 spiro atoms. The Morgan fingerprint density at radius 3 is 2.93 bits per heavy atom. The Bertz CT molecular complexity index is 790. The Kier molecular flexibility index (Phi) is 6.73. The maximum Gasteiger partial charge on any atom is 0.230 e. The van der Waals surface area contributed by atoms with Crippen molar-refractivity contribution in [1.29, 1.82) is 0 Å². The summed E-state index contributed by atoms with van der Waals surface area (Å²) in [6, 6.07) is 3.71. The number of nitrogens with one attached hydrogen (secondary N) is 1. The quantitative estimate of drug-likeness (QED) is 0.870. The molecule has 0 aromatic carbocycles. The number of pyridine rings is 1. The molecule has 2 aromatic heterocycles. The molecule has 2 amide bonds. The molecule has 3 heterocycles. The third-order valence-electron chi connectivity index (χ3n) is 4.92. The normalized spacial score (nSPS) is 19.2. The number of nitrogens with zero attached hydrogens (tertiary/aromatic N) is 4. The fourth-order valence-corrected chi connectivity index (χ4v) is 3.34. The van der Waals surface area contributed by atoms with E-state index in [2.05, 4.69) is 20.4 Å². The second-order valence-corrected chi connectivity index (χ2v) is 7.41. The van der Waals surface area contributed by atoms with E-state index in [1.54, 1.807) is 17.3 Å². The minimum Gasteiger partial charge on any atom is -0.356 e. The van der Waals surface area contributed by atoms with Crippen molar-refractivity contribution in [1.82, 2.24) is 25.3 Å². The largest absolute Gasteiger partial charge is 0.356 e. The van der Waals surface area contributed by atoms with Gasteiger partial charge in [0.15, 0.2) is 0 Å². The van der Waals surface area contributed by atoms with Crippen LogP contribution in [0.25, 0.3) is 11.4 Å². The Hall–Kier alpha value is -2.77. The average molecular weight is 385 g/mol. The number of amides is 2. The first-order valence-corrected chi connectivity index (χ1v) is 9.84. The predicted molar refractivity (Wildman–Crippen MR) is 103 cm³/mol. The van der Waals surface area contributed by atoms with Crippen molar-refractivity contribution in [3.05, 3.63) is 30.4 Å². The van der Waals surface area contributed by atoms with Gasteiger partial charge in [-0.15, -0.1) is 0 Å². The number of hydrogen-bond acceptors (Lipinski definition) is 6. The number of aromatic nitrogens is 3. The Morgan fingerprint density at radius 1 is 1.32 bits per heavy atom. The summed E-state index contributed by atoms with van der Waals surface area (Å²) in [5.41, 5.74) is 0.802. The summed E-state index contributed by atoms with van der Waals surface area (Å²) in [4.78, 5) is 34.9. The van der Waals surface area contributed by atoms with Crippen molar-refractivity contribution in [2.24, 2.45) is 5.92 Å². The first-order valence-electron chi connectivity index (χ1n) is 9.84. The summed E-state index contributed by atoms with van der Waals surface area (Å²) in [5.74, 6) is 1.07. The summed E-state index contributed by atoms with van der Waals surface area (Å²) < 4.78 is 5.52. The van der Waals surface area contributed by atoms with E-state index in [1.807, 2.05) is 26.0 Å². The van der Waals surface area contributed by atoms with Crippen molar-refractivity contribution in [2.45, 2.75) is 45.4 Å². The number of rotatable bonds is 3. The smallest absolute Gasteiger partial charge is 0.230 e.